The summed E-state index contributed by atoms with van der Waals surface area (Å²) in [7, 11) is 0. The number of amides is 2. The van der Waals surface area contributed by atoms with Gasteiger partial charge in [0.2, 0.25) is 0 Å². The van der Waals surface area contributed by atoms with Crippen LogP contribution in [0, 0.1) is 0 Å². The maximum absolute atomic E-state index is 12.1. The SMILES string of the molecule is C=[N+](/C=C\N(CCCCC)Nc1ccc(N(CCCNC(=O)OC(C)(C)C)CCCNC(=O)OC(C)(C)C)cc1)CCCCC. The van der Waals surface area contributed by atoms with Gasteiger partial charge in [-0.25, -0.2) is 14.2 Å². The molecule has 0 aliphatic rings. The summed E-state index contributed by atoms with van der Waals surface area (Å²) in [6, 6.07) is 8.39. The van der Waals surface area contributed by atoms with E-state index in [0.717, 1.165) is 63.2 Å². The topological polar surface area (TPSA) is 98.2 Å². The third-order valence-electron chi connectivity index (χ3n) is 6.56. The molecule has 0 atom stereocenters. The van der Waals surface area contributed by atoms with Crippen LogP contribution in [0.3, 0.4) is 0 Å². The Balaban J connectivity index is 2.87. The van der Waals surface area contributed by atoms with Crippen LogP contribution in [0.2, 0.25) is 0 Å². The Morgan fingerprint density at radius 3 is 1.78 bits per heavy atom. The lowest BCUT2D eigenvalue weighted by Crippen LogP contribution is -2.36. The molecule has 10 nitrogen and oxygen atoms in total. The number of benzene rings is 1. The van der Waals surface area contributed by atoms with Gasteiger partial charge in [-0.15, -0.1) is 0 Å². The van der Waals surface area contributed by atoms with E-state index >= 15 is 0 Å². The van der Waals surface area contributed by atoms with Crippen LogP contribution in [0.4, 0.5) is 21.0 Å². The average molecular weight is 632 g/mol. The third kappa shape index (κ3) is 21.0. The molecule has 0 saturated carbocycles. The smallest absolute Gasteiger partial charge is 0.407 e. The first-order valence-electron chi connectivity index (χ1n) is 16.8. The van der Waals surface area contributed by atoms with E-state index in [0.29, 0.717) is 13.1 Å². The fourth-order valence-corrected chi connectivity index (χ4v) is 4.35. The van der Waals surface area contributed by atoms with E-state index in [4.69, 9.17) is 9.47 Å². The van der Waals surface area contributed by atoms with E-state index in [2.05, 4.69) is 77.0 Å². The molecular weight excluding hydrogens is 568 g/mol. The second kappa shape index (κ2) is 21.3. The summed E-state index contributed by atoms with van der Waals surface area (Å²) in [5.41, 5.74) is 4.55. The molecular formula is C35H63N6O4+. The lowest BCUT2D eigenvalue weighted by molar-refractivity contribution is -0.449. The molecule has 0 unspecified atom stereocenters. The fraction of sp³-hybridized carbons (Fsp3) is 0.686. The number of hydrazine groups is 1. The number of nitrogens with zero attached hydrogens (tertiary/aromatic N) is 3. The van der Waals surface area contributed by atoms with Crippen molar-refractivity contribution in [2.24, 2.45) is 0 Å². The number of rotatable bonds is 21. The normalized spacial score (nSPS) is 11.6. The van der Waals surface area contributed by atoms with Gasteiger partial charge in [0.25, 0.3) is 0 Å². The molecule has 256 valence electrons. The van der Waals surface area contributed by atoms with Crippen LogP contribution in [-0.2, 0) is 9.47 Å². The number of nitrogens with one attached hydrogen (secondary N) is 3. The van der Waals surface area contributed by atoms with Gasteiger partial charge in [-0.2, -0.15) is 0 Å². The molecule has 2 amide bonds. The first-order valence-corrected chi connectivity index (χ1v) is 16.8. The molecule has 0 aliphatic carbocycles. The second-order valence-corrected chi connectivity index (χ2v) is 13.4. The summed E-state index contributed by atoms with van der Waals surface area (Å²) in [5, 5.41) is 7.82. The molecule has 0 spiro atoms. The van der Waals surface area contributed by atoms with Crippen molar-refractivity contribution in [3.8, 4) is 0 Å². The van der Waals surface area contributed by atoms with Crippen molar-refractivity contribution < 1.29 is 23.6 Å². The summed E-state index contributed by atoms with van der Waals surface area (Å²) in [6.45, 7) is 24.0. The highest BCUT2D eigenvalue weighted by atomic mass is 16.6. The summed E-state index contributed by atoms with van der Waals surface area (Å²) < 4.78 is 12.7. The molecule has 0 aromatic heterocycles. The molecule has 0 radical (unpaired) electrons. The zero-order valence-corrected chi connectivity index (χ0v) is 29.5. The molecule has 3 N–H and O–H groups in total. The zero-order chi connectivity index (χ0) is 33.7. The van der Waals surface area contributed by atoms with Crippen molar-refractivity contribution in [3.63, 3.8) is 0 Å². The third-order valence-corrected chi connectivity index (χ3v) is 6.56. The number of carbonyl (C=O) groups is 2. The van der Waals surface area contributed by atoms with E-state index in [1.807, 2.05) is 52.3 Å². The van der Waals surface area contributed by atoms with Gasteiger partial charge in [0, 0.05) is 44.8 Å². The molecule has 0 heterocycles. The number of hydrogen-bond donors (Lipinski definition) is 3. The quantitative estimate of drug-likeness (QED) is 0.0559. The Morgan fingerprint density at radius 2 is 1.29 bits per heavy atom. The summed E-state index contributed by atoms with van der Waals surface area (Å²) in [5.74, 6) is 0. The van der Waals surface area contributed by atoms with Crippen molar-refractivity contribution in [1.29, 1.82) is 0 Å². The molecule has 1 rings (SSSR count). The van der Waals surface area contributed by atoms with Crippen molar-refractivity contribution in [3.05, 3.63) is 36.7 Å². The van der Waals surface area contributed by atoms with Gasteiger partial charge in [0.05, 0.1) is 11.9 Å². The zero-order valence-electron chi connectivity index (χ0n) is 29.5. The Morgan fingerprint density at radius 1 is 0.778 bits per heavy atom. The van der Waals surface area contributed by atoms with Crippen LogP contribution in [-0.4, -0.2) is 79.0 Å². The predicted octanol–water partition coefficient (Wildman–Crippen LogP) is 7.52. The number of hydrogen-bond acceptors (Lipinski definition) is 7. The Bertz CT molecular complexity index is 978. The Labute approximate surface area is 273 Å². The van der Waals surface area contributed by atoms with Gasteiger partial charge in [-0.05, 0) is 91.5 Å². The molecule has 0 aliphatic heterocycles. The van der Waals surface area contributed by atoms with Gasteiger partial charge in [-0.3, -0.25) is 10.4 Å². The highest BCUT2D eigenvalue weighted by Crippen LogP contribution is 2.20. The molecule has 45 heavy (non-hydrogen) atoms. The minimum absolute atomic E-state index is 0.411. The van der Waals surface area contributed by atoms with Crippen LogP contribution in [0.15, 0.2) is 36.7 Å². The monoisotopic (exact) mass is 631 g/mol. The van der Waals surface area contributed by atoms with Crippen LogP contribution in [0.1, 0.15) is 107 Å². The van der Waals surface area contributed by atoms with E-state index in [1.54, 1.807) is 0 Å². The molecule has 1 aromatic carbocycles. The first-order chi connectivity index (χ1) is 21.2. The van der Waals surface area contributed by atoms with E-state index < -0.39 is 23.4 Å². The summed E-state index contributed by atoms with van der Waals surface area (Å²) in [4.78, 5) is 26.4. The second-order valence-electron chi connectivity index (χ2n) is 13.4. The minimum Gasteiger partial charge on any atom is -0.444 e. The molecule has 1 aromatic rings. The van der Waals surface area contributed by atoms with E-state index in [1.165, 1.54) is 25.7 Å². The van der Waals surface area contributed by atoms with E-state index in [9.17, 15) is 9.59 Å². The van der Waals surface area contributed by atoms with Crippen LogP contribution in [0.25, 0.3) is 0 Å². The van der Waals surface area contributed by atoms with Gasteiger partial charge in [0.15, 0.2) is 6.20 Å². The highest BCUT2D eigenvalue weighted by Gasteiger charge is 2.17. The lowest BCUT2D eigenvalue weighted by Gasteiger charge is -2.27. The summed E-state index contributed by atoms with van der Waals surface area (Å²) in [6.07, 6.45) is 11.8. The van der Waals surface area contributed by atoms with Gasteiger partial charge in [-0.1, -0.05) is 33.1 Å². The van der Waals surface area contributed by atoms with Gasteiger partial charge in [0.1, 0.15) is 24.5 Å². The molecule has 10 heteroatoms. The molecule has 0 fully saturated rings. The number of unbranched alkanes of at least 4 members (excludes halogenated alkanes) is 4. The number of carbonyl (C=O) groups excluding carboxylic acids is 2. The molecule has 0 bridgehead atoms. The van der Waals surface area contributed by atoms with Crippen LogP contribution < -0.4 is 21.0 Å². The van der Waals surface area contributed by atoms with E-state index in [-0.39, 0.29) is 0 Å². The number of anilines is 2. The van der Waals surface area contributed by atoms with Gasteiger partial charge < -0.3 is 25.0 Å². The predicted molar refractivity (Wildman–Crippen MR) is 187 cm³/mol. The Hall–Kier alpha value is -3.43. The van der Waals surface area contributed by atoms with Crippen molar-refractivity contribution >= 4 is 30.3 Å². The van der Waals surface area contributed by atoms with Crippen molar-refractivity contribution in [1.82, 2.24) is 15.6 Å². The number of alkyl carbamates (subject to hydrolysis) is 2. The Kier molecular flexibility index (Phi) is 18.8. The standard InChI is InChI=1S/C35H62N6O4/c1-10-12-14-24-39(9)28-29-41(27-15-13-11-2)38-30-18-20-31(21-19-30)40(25-16-22-36-32(42)44-34(3,4)5)26-17-23-37-33(43)45-35(6,7)8/h18-21,28-29,38H,9-17,22-27H2,1-8H3,(H-,36,37,42,43)/p+1/b29-28-. The number of ether oxygens (including phenoxy) is 2. The summed E-state index contributed by atoms with van der Waals surface area (Å²) >= 11 is 0. The van der Waals surface area contributed by atoms with Gasteiger partial charge >= 0.3 is 12.2 Å². The molecule has 0 saturated heterocycles. The highest BCUT2D eigenvalue weighted by molar-refractivity contribution is 5.68. The largest absolute Gasteiger partial charge is 0.444 e. The van der Waals surface area contributed by atoms with Crippen molar-refractivity contribution in [2.75, 3.05) is 49.6 Å². The fourth-order valence-electron chi connectivity index (χ4n) is 4.35. The minimum atomic E-state index is -0.532. The maximum Gasteiger partial charge on any atom is 0.407 e. The van der Waals surface area contributed by atoms with Crippen LogP contribution in [0.5, 0.6) is 0 Å². The lowest BCUT2D eigenvalue weighted by atomic mass is 10.2. The maximum atomic E-state index is 12.1. The average Bonchev–Trinajstić information content (AvgIpc) is 2.94. The first kappa shape index (κ1) is 39.6. The van der Waals surface area contributed by atoms with Crippen LogP contribution >= 0.6 is 0 Å². The van der Waals surface area contributed by atoms with Crippen molar-refractivity contribution in [2.45, 2.75) is 118 Å².